The molecule has 0 saturated carbocycles. The summed E-state index contributed by atoms with van der Waals surface area (Å²) in [5, 5.41) is 12.4. The van der Waals surface area contributed by atoms with Crippen molar-refractivity contribution in [2.24, 2.45) is 5.41 Å². The Morgan fingerprint density at radius 2 is 1.75 bits per heavy atom. The zero-order chi connectivity index (χ0) is 15.2. The van der Waals surface area contributed by atoms with Crippen LogP contribution in [0.25, 0.3) is 0 Å². The van der Waals surface area contributed by atoms with Crippen LogP contribution in [0.4, 0.5) is 5.69 Å². The Morgan fingerprint density at radius 3 is 2.15 bits per heavy atom. The smallest absolute Gasteiger partial charge is 0.251 e. The van der Waals surface area contributed by atoms with Crippen LogP contribution < -0.4 is 10.2 Å². The van der Waals surface area contributed by atoms with Gasteiger partial charge in [-0.1, -0.05) is 13.8 Å². The first-order valence-corrected chi connectivity index (χ1v) is 7.14. The second-order valence-electron chi connectivity index (χ2n) is 5.49. The Labute approximate surface area is 121 Å². The van der Waals surface area contributed by atoms with Crippen LogP contribution in [0.2, 0.25) is 0 Å². The summed E-state index contributed by atoms with van der Waals surface area (Å²) >= 11 is 0. The highest BCUT2D eigenvalue weighted by molar-refractivity contribution is 5.94. The lowest BCUT2D eigenvalue weighted by Crippen LogP contribution is -2.39. The summed E-state index contributed by atoms with van der Waals surface area (Å²) in [5.74, 6) is -0.0879. The zero-order valence-corrected chi connectivity index (χ0v) is 12.9. The molecule has 2 N–H and O–H groups in total. The standard InChI is InChI=1S/C16H26N2O2/c1-5-16(6-2,12-19)11-17-15(20)13-7-9-14(10-8-13)18(3)4/h7-10,19H,5-6,11-12H2,1-4H3,(H,17,20). The Hall–Kier alpha value is -1.55. The molecule has 1 amide bonds. The third-order valence-electron chi connectivity index (χ3n) is 4.11. The maximum absolute atomic E-state index is 12.1. The molecule has 112 valence electrons. The molecule has 1 aromatic carbocycles. The van der Waals surface area contributed by atoms with Crippen LogP contribution in [-0.4, -0.2) is 38.3 Å². The molecule has 1 aromatic rings. The SMILES string of the molecule is CCC(CC)(CO)CNC(=O)c1ccc(N(C)C)cc1. The highest BCUT2D eigenvalue weighted by atomic mass is 16.3. The molecule has 0 spiro atoms. The second kappa shape index (κ2) is 7.29. The lowest BCUT2D eigenvalue weighted by atomic mass is 9.83. The molecule has 0 atom stereocenters. The second-order valence-corrected chi connectivity index (χ2v) is 5.49. The number of rotatable bonds is 7. The van der Waals surface area contributed by atoms with Gasteiger partial charge in [-0.05, 0) is 37.1 Å². The van der Waals surface area contributed by atoms with E-state index in [2.05, 4.69) is 5.32 Å². The first-order chi connectivity index (χ1) is 9.48. The number of anilines is 1. The Bertz CT molecular complexity index is 414. The molecule has 1 rings (SSSR count). The van der Waals surface area contributed by atoms with Gasteiger partial charge in [-0.3, -0.25) is 4.79 Å². The molecule has 0 fully saturated rings. The van der Waals surface area contributed by atoms with Crippen LogP contribution in [0.1, 0.15) is 37.0 Å². The van der Waals surface area contributed by atoms with Crippen molar-refractivity contribution in [2.45, 2.75) is 26.7 Å². The molecule has 0 saturated heterocycles. The van der Waals surface area contributed by atoms with Crippen molar-refractivity contribution in [2.75, 3.05) is 32.1 Å². The minimum atomic E-state index is -0.209. The lowest BCUT2D eigenvalue weighted by molar-refractivity contribution is 0.0851. The quantitative estimate of drug-likeness (QED) is 0.804. The molecule has 0 aliphatic carbocycles. The van der Waals surface area contributed by atoms with E-state index in [4.69, 9.17) is 0 Å². The van der Waals surface area contributed by atoms with E-state index >= 15 is 0 Å². The summed E-state index contributed by atoms with van der Waals surface area (Å²) in [5.41, 5.74) is 1.50. The van der Waals surface area contributed by atoms with Crippen LogP contribution in [0.5, 0.6) is 0 Å². The predicted octanol–water partition coefficient (Wildman–Crippen LogP) is 2.28. The van der Waals surface area contributed by atoms with E-state index in [1.54, 1.807) is 0 Å². The van der Waals surface area contributed by atoms with Crippen molar-refractivity contribution < 1.29 is 9.90 Å². The van der Waals surface area contributed by atoms with E-state index in [-0.39, 0.29) is 17.9 Å². The third kappa shape index (κ3) is 3.97. The fourth-order valence-corrected chi connectivity index (χ4v) is 2.06. The fraction of sp³-hybridized carbons (Fsp3) is 0.562. The van der Waals surface area contributed by atoms with E-state index in [1.807, 2.05) is 57.1 Å². The van der Waals surface area contributed by atoms with Gasteiger partial charge < -0.3 is 15.3 Å². The van der Waals surface area contributed by atoms with Gasteiger partial charge in [0.05, 0.1) is 6.61 Å². The van der Waals surface area contributed by atoms with Gasteiger partial charge in [0.1, 0.15) is 0 Å². The minimum Gasteiger partial charge on any atom is -0.396 e. The summed E-state index contributed by atoms with van der Waals surface area (Å²) in [6.45, 7) is 4.68. The molecule has 0 heterocycles. The minimum absolute atomic E-state index is 0.0879. The van der Waals surface area contributed by atoms with Crippen molar-refractivity contribution in [1.82, 2.24) is 5.32 Å². The molecule has 0 aliphatic rings. The van der Waals surface area contributed by atoms with Crippen molar-refractivity contribution in [3.63, 3.8) is 0 Å². The van der Waals surface area contributed by atoms with Crippen molar-refractivity contribution in [3.8, 4) is 0 Å². The molecule has 4 nitrogen and oxygen atoms in total. The number of nitrogens with one attached hydrogen (secondary N) is 1. The van der Waals surface area contributed by atoms with Gasteiger partial charge in [-0.15, -0.1) is 0 Å². The maximum Gasteiger partial charge on any atom is 0.251 e. The average molecular weight is 278 g/mol. The normalized spacial score (nSPS) is 11.2. The number of nitrogens with zero attached hydrogens (tertiary/aromatic N) is 1. The van der Waals surface area contributed by atoms with E-state index in [1.165, 1.54) is 0 Å². The van der Waals surface area contributed by atoms with E-state index < -0.39 is 0 Å². The van der Waals surface area contributed by atoms with Gasteiger partial charge in [-0.2, -0.15) is 0 Å². The number of benzene rings is 1. The maximum atomic E-state index is 12.1. The van der Waals surface area contributed by atoms with Crippen molar-refractivity contribution in [1.29, 1.82) is 0 Å². The van der Waals surface area contributed by atoms with Gasteiger partial charge in [-0.25, -0.2) is 0 Å². The highest BCUT2D eigenvalue weighted by Crippen LogP contribution is 2.24. The van der Waals surface area contributed by atoms with Gasteiger partial charge >= 0.3 is 0 Å². The van der Waals surface area contributed by atoms with Crippen LogP contribution in [-0.2, 0) is 0 Å². The van der Waals surface area contributed by atoms with Crippen molar-refractivity contribution >= 4 is 11.6 Å². The summed E-state index contributed by atoms with van der Waals surface area (Å²) in [4.78, 5) is 14.1. The molecular weight excluding hydrogens is 252 g/mol. The Morgan fingerprint density at radius 1 is 1.20 bits per heavy atom. The first kappa shape index (κ1) is 16.5. The highest BCUT2D eigenvalue weighted by Gasteiger charge is 2.25. The van der Waals surface area contributed by atoms with E-state index in [9.17, 15) is 9.90 Å². The Kier molecular flexibility index (Phi) is 6.02. The molecule has 0 aliphatic heterocycles. The topological polar surface area (TPSA) is 52.6 Å². The Balaban J connectivity index is 2.67. The molecule has 20 heavy (non-hydrogen) atoms. The summed E-state index contributed by atoms with van der Waals surface area (Å²) < 4.78 is 0. The molecule has 4 heteroatoms. The first-order valence-electron chi connectivity index (χ1n) is 7.14. The lowest BCUT2D eigenvalue weighted by Gasteiger charge is -2.29. The molecule has 0 aromatic heterocycles. The van der Waals surface area contributed by atoms with Crippen LogP contribution in [0.15, 0.2) is 24.3 Å². The summed E-state index contributed by atoms with van der Waals surface area (Å²) in [6, 6.07) is 7.49. The predicted molar refractivity (Wildman–Crippen MR) is 83.2 cm³/mol. The summed E-state index contributed by atoms with van der Waals surface area (Å²) in [7, 11) is 3.93. The number of aliphatic hydroxyl groups excluding tert-OH is 1. The number of aliphatic hydroxyl groups is 1. The number of hydrogen-bond donors (Lipinski definition) is 2. The van der Waals surface area contributed by atoms with Gasteiger partial charge in [0.15, 0.2) is 0 Å². The van der Waals surface area contributed by atoms with E-state index in [0.29, 0.717) is 12.1 Å². The number of carbonyl (C=O) groups is 1. The van der Waals surface area contributed by atoms with E-state index in [0.717, 1.165) is 18.5 Å². The molecule has 0 radical (unpaired) electrons. The average Bonchev–Trinajstić information content (AvgIpc) is 2.49. The largest absolute Gasteiger partial charge is 0.396 e. The van der Waals surface area contributed by atoms with Crippen LogP contribution >= 0.6 is 0 Å². The zero-order valence-electron chi connectivity index (χ0n) is 12.9. The molecule has 0 unspecified atom stereocenters. The van der Waals surface area contributed by atoms with Crippen LogP contribution in [0, 0.1) is 5.41 Å². The van der Waals surface area contributed by atoms with Gasteiger partial charge in [0.2, 0.25) is 0 Å². The van der Waals surface area contributed by atoms with Crippen LogP contribution in [0.3, 0.4) is 0 Å². The number of hydrogen-bond acceptors (Lipinski definition) is 3. The van der Waals surface area contributed by atoms with Gasteiger partial charge in [0.25, 0.3) is 5.91 Å². The summed E-state index contributed by atoms with van der Waals surface area (Å²) in [6.07, 6.45) is 1.69. The van der Waals surface area contributed by atoms with Gasteiger partial charge in [0, 0.05) is 37.3 Å². The number of amides is 1. The third-order valence-corrected chi connectivity index (χ3v) is 4.11. The fourth-order valence-electron chi connectivity index (χ4n) is 2.06. The molecular formula is C16H26N2O2. The van der Waals surface area contributed by atoms with Crippen molar-refractivity contribution in [3.05, 3.63) is 29.8 Å². The molecule has 0 bridgehead atoms. The number of carbonyl (C=O) groups excluding carboxylic acids is 1. The monoisotopic (exact) mass is 278 g/mol.